The van der Waals surface area contributed by atoms with Crippen molar-refractivity contribution in [3.8, 4) is 11.5 Å². The first kappa shape index (κ1) is 24.5. The van der Waals surface area contributed by atoms with E-state index in [9.17, 15) is 14.4 Å². The van der Waals surface area contributed by atoms with Gasteiger partial charge < -0.3 is 29.7 Å². The van der Waals surface area contributed by atoms with Gasteiger partial charge in [-0.05, 0) is 43.2 Å². The molecule has 2 N–H and O–H groups in total. The van der Waals surface area contributed by atoms with E-state index < -0.39 is 0 Å². The second kappa shape index (κ2) is 10.8. The van der Waals surface area contributed by atoms with Crippen molar-refractivity contribution in [2.75, 3.05) is 31.4 Å². The molecule has 0 spiro atoms. The van der Waals surface area contributed by atoms with Gasteiger partial charge in [0.1, 0.15) is 24.2 Å². The van der Waals surface area contributed by atoms with E-state index in [2.05, 4.69) is 10.6 Å². The number of carbonyl (C=O) groups is 3. The molecule has 2 aliphatic rings. The molecule has 1 saturated heterocycles. The lowest BCUT2D eigenvalue weighted by atomic mass is 9.94. The molecule has 3 atom stereocenters. The van der Waals surface area contributed by atoms with Crippen LogP contribution >= 0.6 is 0 Å². The van der Waals surface area contributed by atoms with Crippen molar-refractivity contribution in [3.63, 3.8) is 0 Å². The van der Waals surface area contributed by atoms with Crippen LogP contribution in [0.2, 0.25) is 0 Å². The van der Waals surface area contributed by atoms with Gasteiger partial charge in [0, 0.05) is 30.9 Å². The third kappa shape index (κ3) is 5.74. The summed E-state index contributed by atoms with van der Waals surface area (Å²) in [6, 6.07) is 12.1. The minimum atomic E-state index is -0.361. The molecule has 2 heterocycles. The van der Waals surface area contributed by atoms with E-state index in [0.29, 0.717) is 47.7 Å². The number of hydrogen-bond donors (Lipinski definition) is 2. The van der Waals surface area contributed by atoms with Gasteiger partial charge in [-0.15, -0.1) is 0 Å². The number of hydrogen-bond acceptors (Lipinski definition) is 6. The van der Waals surface area contributed by atoms with Gasteiger partial charge in [-0.2, -0.15) is 0 Å². The van der Waals surface area contributed by atoms with E-state index in [0.717, 1.165) is 0 Å². The summed E-state index contributed by atoms with van der Waals surface area (Å²) in [7, 11) is 3.33. The first-order valence-corrected chi connectivity index (χ1v) is 11.8. The molecular formula is C26H31N3O6. The molecule has 9 nitrogen and oxygen atoms in total. The van der Waals surface area contributed by atoms with Gasteiger partial charge in [0.25, 0.3) is 5.91 Å². The number of nitrogens with zero attached hydrogens (tertiary/aromatic N) is 1. The van der Waals surface area contributed by atoms with Crippen molar-refractivity contribution in [2.45, 2.75) is 50.9 Å². The number of anilines is 2. The number of methoxy groups -OCH3 is 1. The van der Waals surface area contributed by atoms with Crippen LogP contribution in [0, 0.1) is 0 Å². The highest BCUT2D eigenvalue weighted by Gasteiger charge is 2.39. The van der Waals surface area contributed by atoms with Gasteiger partial charge in [0.15, 0.2) is 0 Å². The van der Waals surface area contributed by atoms with Crippen molar-refractivity contribution in [1.82, 2.24) is 4.90 Å². The summed E-state index contributed by atoms with van der Waals surface area (Å²) >= 11 is 0. The zero-order chi connectivity index (χ0) is 24.9. The van der Waals surface area contributed by atoms with Gasteiger partial charge >= 0.3 is 0 Å². The molecule has 186 valence electrons. The van der Waals surface area contributed by atoms with E-state index in [4.69, 9.17) is 14.2 Å². The maximum absolute atomic E-state index is 13.3. The van der Waals surface area contributed by atoms with Crippen LogP contribution in [0.5, 0.6) is 11.5 Å². The van der Waals surface area contributed by atoms with Crippen LogP contribution in [-0.4, -0.2) is 61.6 Å². The molecule has 1 fully saturated rings. The minimum Gasteiger partial charge on any atom is -0.497 e. The number of carbonyl (C=O) groups excluding carboxylic acids is 3. The molecule has 0 radical (unpaired) electrons. The van der Waals surface area contributed by atoms with Gasteiger partial charge in [-0.3, -0.25) is 14.4 Å². The summed E-state index contributed by atoms with van der Waals surface area (Å²) in [5.74, 6) is 0.639. The molecule has 2 aliphatic heterocycles. The number of likely N-dealkylation sites (N-methyl/N-ethyl adjacent to an activating group) is 1. The van der Waals surface area contributed by atoms with Crippen LogP contribution in [-0.2, 0) is 14.3 Å². The summed E-state index contributed by atoms with van der Waals surface area (Å²) < 4.78 is 17.4. The molecule has 3 amide bonds. The van der Waals surface area contributed by atoms with Gasteiger partial charge in [-0.1, -0.05) is 13.0 Å². The largest absolute Gasteiger partial charge is 0.497 e. The maximum Gasteiger partial charge on any atom is 0.257 e. The Morgan fingerprint density at radius 1 is 1.09 bits per heavy atom. The number of fused-ring (bicyclic) bond motifs is 2. The predicted molar refractivity (Wildman–Crippen MR) is 131 cm³/mol. The highest BCUT2D eigenvalue weighted by Crippen LogP contribution is 2.32. The number of rotatable bonds is 6. The van der Waals surface area contributed by atoms with Crippen molar-refractivity contribution in [1.29, 1.82) is 0 Å². The fourth-order valence-corrected chi connectivity index (χ4v) is 4.47. The average Bonchev–Trinajstić information content (AvgIpc) is 2.86. The molecule has 0 bridgehead atoms. The Bertz CT molecular complexity index is 1100. The summed E-state index contributed by atoms with van der Waals surface area (Å²) in [5, 5.41) is 5.67. The third-order valence-electron chi connectivity index (χ3n) is 6.38. The molecule has 0 unspecified atom stereocenters. The smallest absolute Gasteiger partial charge is 0.257 e. The molecule has 9 heteroatoms. The monoisotopic (exact) mass is 481 g/mol. The van der Waals surface area contributed by atoms with Crippen LogP contribution in [0.3, 0.4) is 0 Å². The summed E-state index contributed by atoms with van der Waals surface area (Å²) in [6.07, 6.45) is 1.24. The fourth-order valence-electron chi connectivity index (χ4n) is 4.47. The van der Waals surface area contributed by atoms with E-state index in [-0.39, 0.29) is 49.0 Å². The van der Waals surface area contributed by atoms with E-state index in [1.807, 2.05) is 12.1 Å². The lowest BCUT2D eigenvalue weighted by Gasteiger charge is -2.42. The Kier molecular flexibility index (Phi) is 7.55. The first-order valence-electron chi connectivity index (χ1n) is 11.8. The molecule has 0 aliphatic carbocycles. The minimum absolute atomic E-state index is 0.125. The zero-order valence-electron chi connectivity index (χ0n) is 20.2. The van der Waals surface area contributed by atoms with Crippen LogP contribution < -0.4 is 20.1 Å². The SMILES string of the molecule is CCC(=O)Nc1ccc2c(c1)C(=O)N(C)[C@@H]1CC[C@H](CC(=O)Nc3cccc(OC)c3)O[C@H]1CO2. The lowest BCUT2D eigenvalue weighted by Crippen LogP contribution is -2.53. The molecular weight excluding hydrogens is 450 g/mol. The second-order valence-corrected chi connectivity index (χ2v) is 8.77. The van der Waals surface area contributed by atoms with Gasteiger partial charge in [-0.25, -0.2) is 0 Å². The fraction of sp³-hybridized carbons (Fsp3) is 0.423. The first-order chi connectivity index (χ1) is 16.9. The van der Waals surface area contributed by atoms with Crippen LogP contribution in [0.15, 0.2) is 42.5 Å². The Balaban J connectivity index is 1.42. The predicted octanol–water partition coefficient (Wildman–Crippen LogP) is 3.45. The summed E-state index contributed by atoms with van der Waals surface area (Å²) in [6.45, 7) is 2.02. The normalized spacial score (nSPS) is 21.5. The topological polar surface area (TPSA) is 106 Å². The third-order valence-corrected chi connectivity index (χ3v) is 6.38. The maximum atomic E-state index is 13.3. The molecule has 4 rings (SSSR count). The molecule has 35 heavy (non-hydrogen) atoms. The number of nitrogens with one attached hydrogen (secondary N) is 2. The summed E-state index contributed by atoms with van der Waals surface area (Å²) in [5.41, 5.74) is 1.62. The van der Waals surface area contributed by atoms with Crippen molar-refractivity contribution >= 4 is 29.1 Å². The van der Waals surface area contributed by atoms with Gasteiger partial charge in [0.05, 0.1) is 31.2 Å². The average molecular weight is 482 g/mol. The number of benzene rings is 2. The van der Waals surface area contributed by atoms with Crippen LogP contribution in [0.4, 0.5) is 11.4 Å². The lowest BCUT2D eigenvalue weighted by molar-refractivity contribution is -0.130. The molecule has 0 aromatic heterocycles. The van der Waals surface area contributed by atoms with Crippen molar-refractivity contribution in [3.05, 3.63) is 48.0 Å². The standard InChI is InChI=1S/C26H31N3O6/c1-4-24(30)27-17-8-11-22-20(13-17)26(32)29(2)21-10-9-19(35-23(21)15-34-22)14-25(31)28-16-6-5-7-18(12-16)33-3/h5-8,11-13,19,21,23H,4,9-10,14-15H2,1-3H3,(H,27,30)(H,28,31)/t19-,21-,23+/m1/s1. The highest BCUT2D eigenvalue weighted by molar-refractivity contribution is 5.99. The van der Waals surface area contributed by atoms with Crippen LogP contribution in [0.25, 0.3) is 0 Å². The Morgan fingerprint density at radius 3 is 2.63 bits per heavy atom. The number of ether oxygens (including phenoxy) is 3. The van der Waals surface area contributed by atoms with E-state index >= 15 is 0 Å². The van der Waals surface area contributed by atoms with Crippen molar-refractivity contribution < 1.29 is 28.6 Å². The molecule has 0 saturated carbocycles. The van der Waals surface area contributed by atoms with E-state index in [1.165, 1.54) is 0 Å². The highest BCUT2D eigenvalue weighted by atomic mass is 16.5. The van der Waals surface area contributed by atoms with E-state index in [1.54, 1.807) is 56.3 Å². The second-order valence-electron chi connectivity index (χ2n) is 8.77. The Hall–Kier alpha value is -3.59. The zero-order valence-corrected chi connectivity index (χ0v) is 20.2. The Morgan fingerprint density at radius 2 is 1.86 bits per heavy atom. The number of amides is 3. The molecule has 2 aromatic rings. The van der Waals surface area contributed by atoms with Crippen molar-refractivity contribution in [2.24, 2.45) is 0 Å². The molecule has 2 aromatic carbocycles. The summed E-state index contributed by atoms with van der Waals surface area (Å²) in [4.78, 5) is 39.3. The van der Waals surface area contributed by atoms with Gasteiger partial charge in [0.2, 0.25) is 11.8 Å². The van der Waals surface area contributed by atoms with Crippen LogP contribution in [0.1, 0.15) is 43.0 Å². The quantitative estimate of drug-likeness (QED) is 0.655. The Labute approximate surface area is 204 Å².